The van der Waals surface area contributed by atoms with E-state index in [0.29, 0.717) is 28.6 Å². The second-order valence-electron chi connectivity index (χ2n) is 8.92. The van der Waals surface area contributed by atoms with Crippen molar-refractivity contribution in [2.45, 2.75) is 18.9 Å². The third-order valence-electron chi connectivity index (χ3n) is 6.53. The lowest BCUT2D eigenvalue weighted by molar-refractivity contribution is -0.134. The molecule has 40 heavy (non-hydrogen) atoms. The first-order valence-corrected chi connectivity index (χ1v) is 12.2. The Morgan fingerprint density at radius 3 is 2.75 bits per heavy atom. The number of hydrogen-bond acceptors (Lipinski definition) is 7. The van der Waals surface area contributed by atoms with Crippen LogP contribution in [0.2, 0.25) is 5.02 Å². The van der Waals surface area contributed by atoms with Crippen LogP contribution in [0, 0.1) is 0 Å². The summed E-state index contributed by atoms with van der Waals surface area (Å²) in [6, 6.07) is 16.2. The highest BCUT2D eigenvalue weighted by molar-refractivity contribution is 6.31. The Labute approximate surface area is 245 Å². The van der Waals surface area contributed by atoms with Gasteiger partial charge in [-0.05, 0) is 65.2 Å². The molecule has 3 aromatic heterocycles. The van der Waals surface area contributed by atoms with Crippen LogP contribution in [0.3, 0.4) is 0 Å². The molecule has 11 nitrogen and oxygen atoms in total. The predicted molar refractivity (Wildman–Crippen MR) is 155 cm³/mol. The summed E-state index contributed by atoms with van der Waals surface area (Å²) in [4.78, 5) is 32.2. The number of tetrazole rings is 1. The van der Waals surface area contributed by atoms with Gasteiger partial charge in [-0.2, -0.15) is 4.68 Å². The van der Waals surface area contributed by atoms with E-state index in [0.717, 1.165) is 34.5 Å². The van der Waals surface area contributed by atoms with Gasteiger partial charge in [-0.3, -0.25) is 9.59 Å². The number of aromatic amines is 1. The van der Waals surface area contributed by atoms with Crippen LogP contribution in [0.4, 0.5) is 5.69 Å². The van der Waals surface area contributed by atoms with E-state index in [9.17, 15) is 9.59 Å². The zero-order chi connectivity index (χ0) is 26.2. The van der Waals surface area contributed by atoms with Gasteiger partial charge in [-0.15, -0.1) is 29.9 Å². The molecule has 0 saturated heterocycles. The first kappa shape index (κ1) is 28.8. The molecule has 3 N–H and O–H groups in total. The van der Waals surface area contributed by atoms with Crippen LogP contribution in [0.5, 0.6) is 0 Å². The van der Waals surface area contributed by atoms with Crippen LogP contribution < -0.4 is 10.9 Å². The number of carboxylic acids is 1. The van der Waals surface area contributed by atoms with E-state index in [1.54, 1.807) is 35.0 Å². The number of halogens is 3. The number of nitrogens with one attached hydrogen (secondary N) is 2. The minimum Gasteiger partial charge on any atom is -0.480 e. The van der Waals surface area contributed by atoms with Crippen molar-refractivity contribution < 1.29 is 9.90 Å². The van der Waals surface area contributed by atoms with Crippen molar-refractivity contribution in [2.75, 3.05) is 11.9 Å². The van der Waals surface area contributed by atoms with Crippen LogP contribution in [-0.2, 0) is 11.2 Å². The summed E-state index contributed by atoms with van der Waals surface area (Å²) in [5.41, 5.74) is 5.30. The molecule has 0 radical (unpaired) electrons. The zero-order valence-electron chi connectivity index (χ0n) is 20.7. The van der Waals surface area contributed by atoms with Gasteiger partial charge in [0.05, 0.1) is 23.6 Å². The molecule has 5 aromatic rings. The third kappa shape index (κ3) is 5.57. The van der Waals surface area contributed by atoms with Crippen molar-refractivity contribution in [1.29, 1.82) is 0 Å². The highest BCUT2D eigenvalue weighted by Crippen LogP contribution is 2.34. The summed E-state index contributed by atoms with van der Waals surface area (Å²) in [6.45, 7) is -0.173. The Kier molecular flexibility index (Phi) is 8.58. The van der Waals surface area contributed by atoms with E-state index in [1.807, 2.05) is 30.3 Å². The van der Waals surface area contributed by atoms with E-state index < -0.39 is 5.97 Å². The minimum absolute atomic E-state index is 0. The largest absolute Gasteiger partial charge is 0.480 e. The number of carbonyl (C=O) groups is 1. The van der Waals surface area contributed by atoms with Gasteiger partial charge in [0.1, 0.15) is 18.7 Å². The Bertz CT molecular complexity index is 1720. The van der Waals surface area contributed by atoms with Crippen LogP contribution in [0.25, 0.3) is 28.1 Å². The summed E-state index contributed by atoms with van der Waals surface area (Å²) in [6.07, 6.45) is 4.66. The molecule has 4 heterocycles. The van der Waals surface area contributed by atoms with Gasteiger partial charge in [-0.1, -0.05) is 23.7 Å². The molecule has 1 aliphatic heterocycles. The van der Waals surface area contributed by atoms with E-state index in [1.165, 1.54) is 11.0 Å². The number of imidazole rings is 1. The maximum absolute atomic E-state index is 13.4. The fourth-order valence-electron chi connectivity index (χ4n) is 4.85. The smallest absolute Gasteiger partial charge is 0.322 e. The van der Waals surface area contributed by atoms with Crippen molar-refractivity contribution in [3.05, 3.63) is 94.0 Å². The lowest BCUT2D eigenvalue weighted by atomic mass is 10.0. The summed E-state index contributed by atoms with van der Waals surface area (Å²) >= 11 is 6.30. The molecule has 14 heteroatoms. The lowest BCUT2D eigenvalue weighted by Crippen LogP contribution is -2.23. The normalized spacial score (nSPS) is 13.7. The number of fused-ring (bicyclic) bond motifs is 1. The number of benzene rings is 2. The number of hydrogen-bond donors (Lipinski definition) is 3. The predicted octanol–water partition coefficient (Wildman–Crippen LogP) is 4.41. The average molecular weight is 602 g/mol. The van der Waals surface area contributed by atoms with Crippen molar-refractivity contribution in [1.82, 2.24) is 34.7 Å². The number of rotatable bonds is 7. The number of aromatic nitrogens is 7. The molecule has 0 spiro atoms. The quantitative estimate of drug-likeness (QED) is 0.249. The van der Waals surface area contributed by atoms with Gasteiger partial charge in [0, 0.05) is 33.6 Å². The van der Waals surface area contributed by atoms with Gasteiger partial charge < -0.3 is 20.0 Å². The number of H-pyrrole nitrogens is 1. The van der Waals surface area contributed by atoms with Gasteiger partial charge in [-0.25, -0.2) is 4.98 Å². The summed E-state index contributed by atoms with van der Waals surface area (Å²) in [5, 5.41) is 23.7. The van der Waals surface area contributed by atoms with E-state index in [2.05, 4.69) is 30.8 Å². The molecule has 6 rings (SSSR count). The molecule has 0 saturated carbocycles. The monoisotopic (exact) mass is 600 g/mol. The number of nitrogens with zero attached hydrogens (tertiary/aromatic N) is 6. The molecule has 1 aliphatic rings. The van der Waals surface area contributed by atoms with Crippen LogP contribution in [-0.4, -0.2) is 52.4 Å². The Morgan fingerprint density at radius 1 is 1.12 bits per heavy atom. The first-order valence-electron chi connectivity index (χ1n) is 11.9. The molecule has 1 atom stereocenters. The standard InChI is InChI=1S/C26H21ClN8O3.2ClH/c27-17-4-6-22(34-14-30-32-33-34)20(11-17)16-9-19-5-7-23(35(19)24(36)10-16)26-29-12-21(31-26)15-2-1-3-18(8-15)28-13-25(37)38;;/h1-4,6,8-12,14,23,28H,5,7,13H2,(H,29,31)(H,37,38);2*1H/t23-;;/m0../s1. The Morgan fingerprint density at radius 2 is 1.98 bits per heavy atom. The molecule has 2 aromatic carbocycles. The van der Waals surface area contributed by atoms with Gasteiger partial charge in [0.15, 0.2) is 0 Å². The van der Waals surface area contributed by atoms with E-state index in [4.69, 9.17) is 16.7 Å². The van der Waals surface area contributed by atoms with Crippen LogP contribution in [0.1, 0.15) is 24.0 Å². The van der Waals surface area contributed by atoms with Gasteiger partial charge >= 0.3 is 5.97 Å². The lowest BCUT2D eigenvalue weighted by Gasteiger charge is -2.15. The van der Waals surface area contributed by atoms with E-state index in [-0.39, 0.29) is 43.0 Å². The highest BCUT2D eigenvalue weighted by atomic mass is 35.5. The fourth-order valence-corrected chi connectivity index (χ4v) is 5.02. The first-order chi connectivity index (χ1) is 18.5. The SMILES string of the molecule is Cl.Cl.O=C(O)CNc1cccc(-c2cnc([C@@H]3CCc4cc(-c5cc(Cl)ccc5-n5cnnn5)cc(=O)n43)[nH]2)c1. The maximum Gasteiger partial charge on any atom is 0.322 e. The average Bonchev–Trinajstić information content (AvgIpc) is 3.68. The zero-order valence-corrected chi connectivity index (χ0v) is 23.1. The molecule has 206 valence electrons. The molecule has 0 amide bonds. The fraction of sp³-hybridized carbons (Fsp3) is 0.154. The Hall–Kier alpha value is -4.19. The molecule has 0 fully saturated rings. The number of aliphatic carboxylic acids is 1. The summed E-state index contributed by atoms with van der Waals surface area (Å²) in [7, 11) is 0. The number of anilines is 1. The number of pyridine rings is 1. The van der Waals surface area contributed by atoms with Crippen molar-refractivity contribution in [3.8, 4) is 28.1 Å². The second-order valence-corrected chi connectivity index (χ2v) is 9.36. The topological polar surface area (TPSA) is 144 Å². The van der Waals surface area contributed by atoms with Gasteiger partial charge in [0.25, 0.3) is 5.56 Å². The third-order valence-corrected chi connectivity index (χ3v) is 6.76. The van der Waals surface area contributed by atoms with Crippen LogP contribution in [0.15, 0.2) is 71.9 Å². The maximum atomic E-state index is 13.4. The molecular formula is C26H23Cl3N8O3. The highest BCUT2D eigenvalue weighted by Gasteiger charge is 2.28. The number of carboxylic acid groups (broad SMARTS) is 1. The molecule has 0 unspecified atom stereocenters. The summed E-state index contributed by atoms with van der Waals surface area (Å²) < 4.78 is 3.31. The molecule has 0 bridgehead atoms. The van der Waals surface area contributed by atoms with E-state index >= 15 is 0 Å². The summed E-state index contributed by atoms with van der Waals surface area (Å²) in [5.74, 6) is -0.246. The van der Waals surface area contributed by atoms with Crippen LogP contribution >= 0.6 is 36.4 Å². The number of aryl methyl sites for hydroxylation is 1. The van der Waals surface area contributed by atoms with Crippen molar-refractivity contribution >= 4 is 48.1 Å². The van der Waals surface area contributed by atoms with Crippen molar-refractivity contribution in [3.63, 3.8) is 0 Å². The minimum atomic E-state index is -0.935. The van der Waals surface area contributed by atoms with Gasteiger partial charge in [0.2, 0.25) is 0 Å². The molecule has 0 aliphatic carbocycles. The Balaban J connectivity index is 0.00000185. The molecular weight excluding hydrogens is 579 g/mol. The van der Waals surface area contributed by atoms with Crippen molar-refractivity contribution in [2.24, 2.45) is 0 Å². The second kappa shape index (κ2) is 11.9.